The molecule has 0 saturated carbocycles. The van der Waals surface area contributed by atoms with Gasteiger partial charge in [-0.25, -0.2) is 0 Å². The molecule has 3 heterocycles. The molecule has 1 saturated heterocycles. The molecule has 0 spiro atoms. The predicted octanol–water partition coefficient (Wildman–Crippen LogP) is 4.38. The molecule has 0 aliphatic carbocycles. The topological polar surface area (TPSA) is 38.8 Å². The van der Waals surface area contributed by atoms with E-state index in [1.165, 1.54) is 8.66 Å². The monoisotopic (exact) mass is 421 g/mol. The van der Waals surface area contributed by atoms with Crippen molar-refractivity contribution >= 4 is 33.0 Å². The minimum atomic E-state index is 0.105. The third-order valence-corrected chi connectivity index (χ3v) is 6.40. The third kappa shape index (κ3) is 3.91. The first-order chi connectivity index (χ1) is 12.2. The Kier molecular flexibility index (Phi) is 5.10. The molecule has 0 atom stereocenters. The van der Waals surface area contributed by atoms with Gasteiger partial charge in [0, 0.05) is 22.9 Å². The molecule has 2 aromatic rings. The van der Waals surface area contributed by atoms with Gasteiger partial charge < -0.3 is 9.47 Å². The number of nitrogens with zero attached hydrogens (tertiary/aromatic N) is 1. The van der Waals surface area contributed by atoms with Crippen LogP contribution in [-0.4, -0.2) is 37.0 Å². The van der Waals surface area contributed by atoms with Crippen LogP contribution in [0.3, 0.4) is 0 Å². The summed E-state index contributed by atoms with van der Waals surface area (Å²) >= 11 is 5.29. The molecule has 2 aliphatic heterocycles. The first kappa shape index (κ1) is 17.1. The van der Waals surface area contributed by atoms with E-state index in [0.29, 0.717) is 19.0 Å². The number of carbonyl (C=O) groups excluding carboxylic acids is 1. The predicted molar refractivity (Wildman–Crippen MR) is 102 cm³/mol. The summed E-state index contributed by atoms with van der Waals surface area (Å²) in [4.78, 5) is 16.6. The van der Waals surface area contributed by atoms with E-state index in [2.05, 4.69) is 33.0 Å². The second-order valence-electron chi connectivity index (χ2n) is 6.48. The number of fused-ring (bicyclic) bond motifs is 1. The van der Waals surface area contributed by atoms with Crippen molar-refractivity contribution < 1.29 is 14.3 Å². The summed E-state index contributed by atoms with van der Waals surface area (Å²) in [5, 5.41) is 0. The Labute approximate surface area is 159 Å². The van der Waals surface area contributed by atoms with E-state index in [1.54, 1.807) is 11.3 Å². The number of ketones is 1. The van der Waals surface area contributed by atoms with Gasteiger partial charge in [0.1, 0.15) is 13.2 Å². The van der Waals surface area contributed by atoms with Gasteiger partial charge in [-0.2, -0.15) is 0 Å². The van der Waals surface area contributed by atoms with Crippen LogP contribution in [0.4, 0.5) is 0 Å². The highest BCUT2D eigenvalue weighted by molar-refractivity contribution is 9.11. The number of Topliss-reactive ketones (excluding diaryl/α,β-unsaturated/α-hetero) is 1. The number of rotatable bonds is 4. The van der Waals surface area contributed by atoms with Crippen LogP contribution in [0.15, 0.2) is 34.1 Å². The summed E-state index contributed by atoms with van der Waals surface area (Å²) in [6.45, 7) is 4.02. The molecular weight excluding hydrogens is 402 g/mol. The normalized spacial score (nSPS) is 18.3. The van der Waals surface area contributed by atoms with Crippen molar-refractivity contribution in [3.8, 4) is 11.5 Å². The van der Waals surface area contributed by atoms with Gasteiger partial charge in [0.15, 0.2) is 17.3 Å². The zero-order valence-corrected chi connectivity index (χ0v) is 16.3. The van der Waals surface area contributed by atoms with Crippen molar-refractivity contribution in [2.24, 2.45) is 5.92 Å². The van der Waals surface area contributed by atoms with Crippen LogP contribution < -0.4 is 9.47 Å². The Morgan fingerprint density at radius 1 is 1.12 bits per heavy atom. The number of hydrogen-bond acceptors (Lipinski definition) is 5. The Hall–Kier alpha value is -1.37. The molecule has 0 unspecified atom stereocenters. The second kappa shape index (κ2) is 7.48. The molecule has 2 aliphatic rings. The molecule has 0 radical (unpaired) electrons. The summed E-state index contributed by atoms with van der Waals surface area (Å²) in [5.74, 6) is 1.77. The molecule has 4 nitrogen and oxygen atoms in total. The van der Waals surface area contributed by atoms with Crippen molar-refractivity contribution in [3.63, 3.8) is 0 Å². The van der Waals surface area contributed by atoms with Crippen LogP contribution in [0, 0.1) is 5.92 Å². The summed E-state index contributed by atoms with van der Waals surface area (Å²) < 4.78 is 12.3. The minimum absolute atomic E-state index is 0.105. The third-order valence-electron chi connectivity index (χ3n) is 4.79. The fourth-order valence-electron chi connectivity index (χ4n) is 3.44. The van der Waals surface area contributed by atoms with Gasteiger partial charge in [-0.15, -0.1) is 11.3 Å². The van der Waals surface area contributed by atoms with Gasteiger partial charge in [-0.05, 0) is 72.2 Å². The molecule has 4 rings (SSSR count). The van der Waals surface area contributed by atoms with Crippen molar-refractivity contribution in [1.29, 1.82) is 0 Å². The maximum absolute atomic E-state index is 12.8. The highest BCUT2D eigenvalue weighted by Gasteiger charge is 2.27. The summed E-state index contributed by atoms with van der Waals surface area (Å²) in [5.41, 5.74) is 0.741. The number of hydrogen-bond donors (Lipinski definition) is 0. The van der Waals surface area contributed by atoms with Crippen LogP contribution in [-0.2, 0) is 6.54 Å². The van der Waals surface area contributed by atoms with E-state index >= 15 is 0 Å². The van der Waals surface area contributed by atoms with Crippen LogP contribution in [0.5, 0.6) is 11.5 Å². The molecule has 1 aromatic heterocycles. The lowest BCUT2D eigenvalue weighted by Crippen LogP contribution is -2.35. The maximum Gasteiger partial charge on any atom is 0.166 e. The quantitative estimate of drug-likeness (QED) is 0.686. The van der Waals surface area contributed by atoms with Crippen molar-refractivity contribution in [2.45, 2.75) is 19.4 Å². The van der Waals surface area contributed by atoms with Crippen molar-refractivity contribution in [3.05, 3.63) is 44.6 Å². The maximum atomic E-state index is 12.8. The van der Waals surface area contributed by atoms with E-state index < -0.39 is 0 Å². The first-order valence-corrected chi connectivity index (χ1v) is 10.2. The smallest absolute Gasteiger partial charge is 0.166 e. The first-order valence-electron chi connectivity index (χ1n) is 8.59. The number of piperidine rings is 1. The van der Waals surface area contributed by atoms with Crippen LogP contribution in [0.25, 0.3) is 0 Å². The highest BCUT2D eigenvalue weighted by Crippen LogP contribution is 2.33. The fraction of sp³-hybridized carbons (Fsp3) is 0.421. The lowest BCUT2D eigenvalue weighted by molar-refractivity contribution is 0.0834. The average Bonchev–Trinajstić information content (AvgIpc) is 3.06. The Morgan fingerprint density at radius 2 is 1.88 bits per heavy atom. The molecule has 1 aromatic carbocycles. The lowest BCUT2D eigenvalue weighted by atomic mass is 9.88. The van der Waals surface area contributed by atoms with Crippen LogP contribution in [0.1, 0.15) is 28.1 Å². The summed E-state index contributed by atoms with van der Waals surface area (Å²) in [7, 11) is 0. The van der Waals surface area contributed by atoms with Gasteiger partial charge in [-0.1, -0.05) is 0 Å². The van der Waals surface area contributed by atoms with E-state index in [0.717, 1.165) is 43.8 Å². The number of carbonyl (C=O) groups is 1. The lowest BCUT2D eigenvalue weighted by Gasteiger charge is -2.31. The molecule has 0 bridgehead atoms. The Balaban J connectivity index is 1.36. The highest BCUT2D eigenvalue weighted by atomic mass is 79.9. The van der Waals surface area contributed by atoms with E-state index in [9.17, 15) is 4.79 Å². The zero-order valence-electron chi connectivity index (χ0n) is 13.9. The molecule has 0 amide bonds. The van der Waals surface area contributed by atoms with Gasteiger partial charge in [0.05, 0.1) is 3.79 Å². The summed E-state index contributed by atoms with van der Waals surface area (Å²) in [6.07, 6.45) is 1.83. The molecule has 25 heavy (non-hydrogen) atoms. The number of halogens is 1. The number of likely N-dealkylation sites (tertiary alicyclic amines) is 1. The van der Waals surface area contributed by atoms with Gasteiger partial charge in [0.25, 0.3) is 0 Å². The van der Waals surface area contributed by atoms with Gasteiger partial charge in [-0.3, -0.25) is 9.69 Å². The van der Waals surface area contributed by atoms with E-state index in [1.807, 2.05) is 18.2 Å². The molecular formula is C19H20BrNO3S. The Bertz CT molecular complexity index is 768. The van der Waals surface area contributed by atoms with Crippen molar-refractivity contribution in [1.82, 2.24) is 4.90 Å². The average molecular weight is 422 g/mol. The molecule has 1 fully saturated rings. The van der Waals surface area contributed by atoms with E-state index in [4.69, 9.17) is 9.47 Å². The fourth-order valence-corrected chi connectivity index (χ4v) is 4.97. The van der Waals surface area contributed by atoms with Gasteiger partial charge in [0.2, 0.25) is 0 Å². The van der Waals surface area contributed by atoms with Crippen molar-refractivity contribution in [2.75, 3.05) is 26.3 Å². The minimum Gasteiger partial charge on any atom is -0.486 e. The van der Waals surface area contributed by atoms with E-state index in [-0.39, 0.29) is 11.7 Å². The zero-order chi connectivity index (χ0) is 17.2. The standard InChI is InChI=1S/C19H20BrNO3S/c20-18-4-2-15(25-18)12-21-7-5-13(6-8-21)19(22)14-1-3-16-17(11-14)24-10-9-23-16/h1-4,11,13H,5-10,12H2. The molecule has 0 N–H and O–H groups in total. The molecule has 6 heteroatoms. The SMILES string of the molecule is O=C(c1ccc2c(c1)OCCO2)C1CCN(Cc2ccc(Br)s2)CC1. The van der Waals surface area contributed by atoms with Crippen LogP contribution in [0.2, 0.25) is 0 Å². The second-order valence-corrected chi connectivity index (χ2v) is 9.03. The largest absolute Gasteiger partial charge is 0.486 e. The van der Waals surface area contributed by atoms with Gasteiger partial charge >= 0.3 is 0 Å². The summed E-state index contributed by atoms with van der Waals surface area (Å²) in [6, 6.07) is 9.82. The Morgan fingerprint density at radius 3 is 2.60 bits per heavy atom. The van der Waals surface area contributed by atoms with Crippen LogP contribution >= 0.6 is 27.3 Å². The number of ether oxygens (including phenoxy) is 2. The number of thiophene rings is 1. The molecule has 132 valence electrons. The number of benzene rings is 1.